The number of carbonyl (C=O) groups is 1. The van der Waals surface area contributed by atoms with Gasteiger partial charge in [0.2, 0.25) is 0 Å². The first kappa shape index (κ1) is 23.7. The summed E-state index contributed by atoms with van der Waals surface area (Å²) in [4.78, 5) is 16.8. The molecule has 3 aromatic carbocycles. The van der Waals surface area contributed by atoms with E-state index < -0.39 is 5.54 Å². The van der Waals surface area contributed by atoms with Crippen molar-refractivity contribution in [3.05, 3.63) is 113 Å². The van der Waals surface area contributed by atoms with Crippen LogP contribution < -0.4 is 15.8 Å². The first-order chi connectivity index (χ1) is 16.9. The molecule has 7 heteroatoms. The monoisotopic (exact) mass is 465 g/mol. The Morgan fingerprint density at radius 3 is 2.66 bits per heavy atom. The lowest BCUT2D eigenvalue weighted by Gasteiger charge is -2.26. The average molecular weight is 466 g/mol. The van der Waals surface area contributed by atoms with Crippen LogP contribution in [-0.2, 0) is 19.0 Å². The number of ether oxygens (including phenoxy) is 1. The Morgan fingerprint density at radius 1 is 1.14 bits per heavy atom. The van der Waals surface area contributed by atoms with Crippen molar-refractivity contribution in [1.82, 2.24) is 9.55 Å². The maximum Gasteiger partial charge on any atom is 0.255 e. The normalized spacial score (nSPS) is 12.4. The Labute approximate surface area is 204 Å². The maximum atomic E-state index is 12.6. The van der Waals surface area contributed by atoms with E-state index in [0.29, 0.717) is 29.9 Å². The Hall–Kier alpha value is -4.41. The second-order valence-electron chi connectivity index (χ2n) is 8.53. The minimum Gasteiger partial charge on any atom is -0.492 e. The summed E-state index contributed by atoms with van der Waals surface area (Å²) in [6.07, 6.45) is 4.01. The Balaban J connectivity index is 1.45. The van der Waals surface area contributed by atoms with Crippen LogP contribution in [0.3, 0.4) is 0 Å². The molecule has 1 atom stereocenters. The summed E-state index contributed by atoms with van der Waals surface area (Å²) in [5.74, 6) is 0.303. The SMILES string of the molecule is Cn1cncc1C(C)(N)c1ccc(C#N)c(OCCc2cccc(C(=O)Nc3ccccc3)c2)c1. The lowest BCUT2D eigenvalue weighted by Crippen LogP contribution is -2.36. The van der Waals surface area contributed by atoms with Gasteiger partial charge in [0.1, 0.15) is 11.8 Å². The van der Waals surface area contributed by atoms with E-state index in [1.54, 1.807) is 24.7 Å². The summed E-state index contributed by atoms with van der Waals surface area (Å²) in [5, 5.41) is 12.4. The summed E-state index contributed by atoms with van der Waals surface area (Å²) in [6, 6.07) is 24.3. The number of aromatic nitrogens is 2. The highest BCUT2D eigenvalue weighted by Gasteiger charge is 2.28. The topological polar surface area (TPSA) is 106 Å². The van der Waals surface area contributed by atoms with Crippen molar-refractivity contribution in [2.45, 2.75) is 18.9 Å². The van der Waals surface area contributed by atoms with Crippen LogP contribution in [0.25, 0.3) is 0 Å². The predicted octanol–water partition coefficient (Wildman–Crippen LogP) is 4.39. The largest absolute Gasteiger partial charge is 0.492 e. The quantitative estimate of drug-likeness (QED) is 0.401. The smallest absolute Gasteiger partial charge is 0.255 e. The molecule has 0 spiro atoms. The number of anilines is 1. The highest BCUT2D eigenvalue weighted by molar-refractivity contribution is 6.04. The molecule has 0 saturated heterocycles. The van der Waals surface area contributed by atoms with Gasteiger partial charge in [0.05, 0.1) is 35.9 Å². The predicted molar refractivity (Wildman–Crippen MR) is 135 cm³/mol. The second kappa shape index (κ2) is 10.2. The summed E-state index contributed by atoms with van der Waals surface area (Å²) < 4.78 is 7.89. The zero-order valence-electron chi connectivity index (χ0n) is 19.7. The van der Waals surface area contributed by atoms with E-state index in [9.17, 15) is 10.1 Å². The first-order valence-electron chi connectivity index (χ1n) is 11.3. The van der Waals surface area contributed by atoms with E-state index in [0.717, 1.165) is 22.5 Å². The van der Waals surface area contributed by atoms with Gasteiger partial charge in [-0.25, -0.2) is 4.98 Å². The molecule has 3 N–H and O–H groups in total. The minimum absolute atomic E-state index is 0.171. The number of nitrogens with one attached hydrogen (secondary N) is 1. The van der Waals surface area contributed by atoms with Gasteiger partial charge in [0.15, 0.2) is 0 Å². The molecule has 35 heavy (non-hydrogen) atoms. The average Bonchev–Trinajstić information content (AvgIpc) is 3.31. The molecular formula is C28H27N5O2. The van der Waals surface area contributed by atoms with Crippen LogP contribution in [0, 0.1) is 11.3 Å². The standard InChI is InChI=1S/C28H27N5O2/c1-28(30,26-18-31-19-33(26)2)23-12-11-22(17-29)25(16-23)35-14-13-20-7-6-8-21(15-20)27(34)32-24-9-4-3-5-10-24/h3-12,15-16,18-19H,13-14,30H2,1-2H3,(H,32,34). The number of rotatable bonds is 8. The van der Waals surface area contributed by atoms with Gasteiger partial charge < -0.3 is 20.4 Å². The van der Waals surface area contributed by atoms with Crippen LogP contribution in [0.1, 0.15) is 39.7 Å². The molecule has 0 bridgehead atoms. The maximum absolute atomic E-state index is 12.6. The third-order valence-corrected chi connectivity index (χ3v) is 5.92. The third kappa shape index (κ3) is 5.40. The first-order valence-corrected chi connectivity index (χ1v) is 11.3. The van der Waals surface area contributed by atoms with Crippen molar-refractivity contribution in [3.63, 3.8) is 0 Å². The van der Waals surface area contributed by atoms with Crippen LogP contribution in [0.5, 0.6) is 5.75 Å². The van der Waals surface area contributed by atoms with Crippen molar-refractivity contribution in [2.75, 3.05) is 11.9 Å². The number of para-hydroxylation sites is 1. The van der Waals surface area contributed by atoms with Crippen molar-refractivity contribution in [3.8, 4) is 11.8 Å². The summed E-state index contributed by atoms with van der Waals surface area (Å²) in [5.41, 5.74) is 10.2. The number of benzene rings is 3. The minimum atomic E-state index is -0.808. The van der Waals surface area contributed by atoms with E-state index in [1.807, 2.05) is 79.2 Å². The van der Waals surface area contributed by atoms with Crippen molar-refractivity contribution < 1.29 is 9.53 Å². The van der Waals surface area contributed by atoms with E-state index in [2.05, 4.69) is 16.4 Å². The Morgan fingerprint density at radius 2 is 1.94 bits per heavy atom. The number of hydrogen-bond acceptors (Lipinski definition) is 5. The van der Waals surface area contributed by atoms with Crippen molar-refractivity contribution in [2.24, 2.45) is 12.8 Å². The van der Waals surface area contributed by atoms with Crippen molar-refractivity contribution in [1.29, 1.82) is 5.26 Å². The summed E-state index contributed by atoms with van der Waals surface area (Å²) in [7, 11) is 1.89. The second-order valence-corrected chi connectivity index (χ2v) is 8.53. The highest BCUT2D eigenvalue weighted by atomic mass is 16.5. The van der Waals surface area contributed by atoms with Crippen LogP contribution in [0.15, 0.2) is 85.3 Å². The lowest BCUT2D eigenvalue weighted by molar-refractivity contribution is 0.102. The van der Waals surface area contributed by atoms with Crippen LogP contribution in [0.2, 0.25) is 0 Å². The van der Waals surface area contributed by atoms with Gasteiger partial charge in [0, 0.05) is 24.7 Å². The van der Waals surface area contributed by atoms with Gasteiger partial charge in [-0.2, -0.15) is 5.26 Å². The van der Waals surface area contributed by atoms with Crippen LogP contribution in [0.4, 0.5) is 5.69 Å². The fourth-order valence-corrected chi connectivity index (χ4v) is 3.93. The molecule has 1 unspecified atom stereocenters. The van der Waals surface area contributed by atoms with E-state index >= 15 is 0 Å². The molecule has 4 rings (SSSR count). The van der Waals surface area contributed by atoms with Crippen molar-refractivity contribution >= 4 is 11.6 Å². The Kier molecular flexibility index (Phi) is 6.95. The molecule has 0 aliphatic carbocycles. The molecule has 0 fully saturated rings. The molecule has 176 valence electrons. The summed E-state index contributed by atoms with van der Waals surface area (Å²) >= 11 is 0. The Bertz CT molecular complexity index is 1370. The van der Waals surface area contributed by atoms with Gasteiger partial charge in [0.25, 0.3) is 5.91 Å². The number of hydrogen-bond donors (Lipinski definition) is 2. The number of nitriles is 1. The van der Waals surface area contributed by atoms with Gasteiger partial charge in [-0.3, -0.25) is 4.79 Å². The molecule has 1 amide bonds. The molecule has 1 heterocycles. The molecular weight excluding hydrogens is 438 g/mol. The summed E-state index contributed by atoms with van der Waals surface area (Å²) in [6.45, 7) is 2.25. The van der Waals surface area contributed by atoms with E-state index in [1.165, 1.54) is 0 Å². The molecule has 0 radical (unpaired) electrons. The lowest BCUT2D eigenvalue weighted by atomic mass is 9.89. The number of aryl methyl sites for hydroxylation is 1. The third-order valence-electron chi connectivity index (χ3n) is 5.92. The zero-order valence-corrected chi connectivity index (χ0v) is 19.7. The van der Waals surface area contributed by atoms with Crippen LogP contribution >= 0.6 is 0 Å². The highest BCUT2D eigenvalue weighted by Crippen LogP contribution is 2.30. The number of nitrogens with two attached hydrogens (primary N) is 1. The molecule has 0 aliphatic heterocycles. The molecule has 7 nitrogen and oxygen atoms in total. The van der Waals surface area contributed by atoms with Gasteiger partial charge in [-0.05, 0) is 54.4 Å². The van der Waals surface area contributed by atoms with Gasteiger partial charge >= 0.3 is 0 Å². The molecule has 0 saturated carbocycles. The number of carbonyl (C=O) groups excluding carboxylic acids is 1. The fourth-order valence-electron chi connectivity index (χ4n) is 3.93. The van der Waals surface area contributed by atoms with E-state index in [-0.39, 0.29) is 5.91 Å². The molecule has 0 aliphatic rings. The fraction of sp³-hybridized carbons (Fsp3) is 0.179. The molecule has 1 aromatic heterocycles. The number of imidazole rings is 1. The van der Waals surface area contributed by atoms with E-state index in [4.69, 9.17) is 10.5 Å². The zero-order chi connectivity index (χ0) is 24.8. The van der Waals surface area contributed by atoms with Crippen LogP contribution in [-0.4, -0.2) is 22.1 Å². The number of amides is 1. The van der Waals surface area contributed by atoms with Gasteiger partial charge in [-0.15, -0.1) is 0 Å². The van der Waals surface area contributed by atoms with Gasteiger partial charge in [-0.1, -0.05) is 36.4 Å². The molecule has 4 aromatic rings. The number of nitrogens with zero attached hydrogens (tertiary/aromatic N) is 3.